The highest BCUT2D eigenvalue weighted by Crippen LogP contribution is 2.30. The molecule has 0 unspecified atom stereocenters. The maximum absolute atomic E-state index is 12.8. The number of para-hydroxylation sites is 1. The van der Waals surface area contributed by atoms with Gasteiger partial charge in [-0.2, -0.15) is 5.10 Å². The van der Waals surface area contributed by atoms with E-state index in [0.717, 1.165) is 0 Å². The number of benzene rings is 3. The second-order valence-corrected chi connectivity index (χ2v) is 8.23. The van der Waals surface area contributed by atoms with Gasteiger partial charge >= 0.3 is 0 Å². The van der Waals surface area contributed by atoms with Crippen LogP contribution in [0.25, 0.3) is 6.08 Å². The third kappa shape index (κ3) is 6.05. The van der Waals surface area contributed by atoms with Crippen LogP contribution in [0, 0.1) is 0 Å². The molecule has 0 aliphatic heterocycles. The molecule has 0 aromatic heterocycles. The molecule has 162 valence electrons. The minimum Gasteiger partial charge on any atom is -0.507 e. The molecule has 0 saturated heterocycles. The summed E-state index contributed by atoms with van der Waals surface area (Å²) in [7, 11) is 0. The molecule has 2 amide bonds. The minimum atomic E-state index is -0.720. The smallest absolute Gasteiger partial charge is 0.287 e. The van der Waals surface area contributed by atoms with E-state index in [2.05, 4.69) is 47.7 Å². The average molecular weight is 559 g/mol. The van der Waals surface area contributed by atoms with E-state index in [1.807, 2.05) is 0 Å². The van der Waals surface area contributed by atoms with Gasteiger partial charge in [-0.1, -0.05) is 52.3 Å². The number of hydrogen-bond donors (Lipinski definition) is 4. The van der Waals surface area contributed by atoms with E-state index in [-0.39, 0.29) is 17.2 Å². The number of phenolic OH excluding ortho intramolecular Hbond substituents is 2. The number of nitrogens with zero attached hydrogens (tertiary/aromatic N) is 1. The summed E-state index contributed by atoms with van der Waals surface area (Å²) in [5.74, 6) is -1.32. The average Bonchev–Trinajstić information content (AvgIpc) is 2.78. The molecule has 3 aromatic carbocycles. The van der Waals surface area contributed by atoms with Crippen LogP contribution in [0.15, 0.2) is 86.5 Å². The van der Waals surface area contributed by atoms with Gasteiger partial charge in [0.2, 0.25) is 0 Å². The van der Waals surface area contributed by atoms with Crippen LogP contribution in [0.4, 0.5) is 0 Å². The highest BCUT2D eigenvalue weighted by molar-refractivity contribution is 9.11. The van der Waals surface area contributed by atoms with Crippen molar-refractivity contribution in [2.75, 3.05) is 0 Å². The first-order valence-electron chi connectivity index (χ1n) is 9.22. The van der Waals surface area contributed by atoms with Crippen LogP contribution in [0.5, 0.6) is 11.5 Å². The zero-order valence-corrected chi connectivity index (χ0v) is 19.6. The second kappa shape index (κ2) is 10.7. The number of carbonyl (C=O) groups is 2. The molecule has 3 rings (SSSR count). The summed E-state index contributed by atoms with van der Waals surface area (Å²) in [4.78, 5) is 25.3. The van der Waals surface area contributed by atoms with Crippen LogP contribution >= 0.6 is 31.9 Å². The number of hydrogen-bond acceptors (Lipinski definition) is 5. The fraction of sp³-hybridized carbons (Fsp3) is 0. The number of hydrazone groups is 1. The van der Waals surface area contributed by atoms with Crippen molar-refractivity contribution in [3.63, 3.8) is 0 Å². The highest BCUT2D eigenvalue weighted by Gasteiger charge is 2.15. The molecule has 0 aliphatic carbocycles. The first-order valence-corrected chi connectivity index (χ1v) is 10.8. The molecular formula is C23H17Br2N3O4. The lowest BCUT2D eigenvalue weighted by Crippen LogP contribution is -2.32. The summed E-state index contributed by atoms with van der Waals surface area (Å²) in [5, 5.41) is 26.6. The monoisotopic (exact) mass is 557 g/mol. The molecule has 32 heavy (non-hydrogen) atoms. The second-order valence-electron chi connectivity index (χ2n) is 6.46. The minimum absolute atomic E-state index is 0.0476. The molecule has 3 aromatic rings. The zero-order valence-electron chi connectivity index (χ0n) is 16.4. The molecule has 4 N–H and O–H groups in total. The van der Waals surface area contributed by atoms with Gasteiger partial charge in [-0.15, -0.1) is 0 Å². The summed E-state index contributed by atoms with van der Waals surface area (Å²) < 4.78 is 1.15. The summed E-state index contributed by atoms with van der Waals surface area (Å²) >= 11 is 6.54. The Hall–Kier alpha value is -3.43. The predicted molar refractivity (Wildman–Crippen MR) is 129 cm³/mol. The topological polar surface area (TPSA) is 111 Å². The Morgan fingerprint density at radius 3 is 2.31 bits per heavy atom. The predicted octanol–water partition coefficient (Wildman–Crippen LogP) is 4.54. The Morgan fingerprint density at radius 2 is 1.59 bits per heavy atom. The van der Waals surface area contributed by atoms with E-state index in [1.165, 1.54) is 18.4 Å². The van der Waals surface area contributed by atoms with Gasteiger partial charge in [-0.25, -0.2) is 5.43 Å². The van der Waals surface area contributed by atoms with E-state index < -0.39 is 11.8 Å². The Bertz CT molecular complexity index is 1210. The Kier molecular flexibility index (Phi) is 7.80. The molecule has 0 heterocycles. The lowest BCUT2D eigenvalue weighted by Gasteiger charge is -2.10. The summed E-state index contributed by atoms with van der Waals surface area (Å²) in [5.41, 5.74) is 3.24. The van der Waals surface area contributed by atoms with Crippen molar-refractivity contribution in [1.82, 2.24) is 10.7 Å². The van der Waals surface area contributed by atoms with Gasteiger partial charge in [0.15, 0.2) is 0 Å². The Morgan fingerprint density at radius 1 is 0.906 bits per heavy atom. The molecule has 0 fully saturated rings. The van der Waals surface area contributed by atoms with Crippen molar-refractivity contribution in [3.05, 3.63) is 98.1 Å². The van der Waals surface area contributed by atoms with Crippen LogP contribution in [-0.2, 0) is 4.79 Å². The van der Waals surface area contributed by atoms with Crippen LogP contribution in [-0.4, -0.2) is 28.2 Å². The summed E-state index contributed by atoms with van der Waals surface area (Å²) in [6, 6.07) is 18.1. The van der Waals surface area contributed by atoms with Crippen LogP contribution in [0.3, 0.4) is 0 Å². The number of halogens is 2. The summed E-state index contributed by atoms with van der Waals surface area (Å²) in [6.45, 7) is 0. The van der Waals surface area contributed by atoms with Gasteiger partial charge in [-0.3, -0.25) is 9.59 Å². The third-order valence-corrected chi connectivity index (χ3v) is 5.26. The Balaban J connectivity index is 1.85. The normalized spacial score (nSPS) is 11.4. The van der Waals surface area contributed by atoms with Crippen molar-refractivity contribution in [2.45, 2.75) is 0 Å². The van der Waals surface area contributed by atoms with Crippen LogP contribution in [0.2, 0.25) is 0 Å². The maximum Gasteiger partial charge on any atom is 0.287 e. The third-order valence-electron chi connectivity index (χ3n) is 4.19. The lowest BCUT2D eigenvalue weighted by molar-refractivity contribution is -0.117. The van der Waals surface area contributed by atoms with E-state index >= 15 is 0 Å². The van der Waals surface area contributed by atoms with Gasteiger partial charge in [-0.05, 0) is 52.3 Å². The highest BCUT2D eigenvalue weighted by atomic mass is 79.9. The number of rotatable bonds is 6. The fourth-order valence-electron chi connectivity index (χ4n) is 2.61. The van der Waals surface area contributed by atoms with Gasteiger partial charge in [0.25, 0.3) is 11.8 Å². The van der Waals surface area contributed by atoms with Crippen molar-refractivity contribution >= 4 is 56.0 Å². The van der Waals surface area contributed by atoms with Crippen LogP contribution in [0.1, 0.15) is 21.5 Å². The Labute approximate surface area is 200 Å². The van der Waals surface area contributed by atoms with Crippen molar-refractivity contribution in [3.8, 4) is 11.5 Å². The van der Waals surface area contributed by atoms with Gasteiger partial charge in [0.05, 0.1) is 10.7 Å². The van der Waals surface area contributed by atoms with Crippen molar-refractivity contribution in [1.29, 1.82) is 0 Å². The standard InChI is InChI=1S/C23H17Br2N3O4/c24-17-10-16(21(30)18(25)12-17)13-26-28-23(32)19(11-15-8-4-5-9-20(15)29)27-22(31)14-6-2-1-3-7-14/h1-13,29-30H,(H,27,31)(H,28,32)/b19-11-,26-13+. The van der Waals surface area contributed by atoms with Gasteiger partial charge in [0.1, 0.15) is 17.2 Å². The van der Waals surface area contributed by atoms with Crippen molar-refractivity contribution < 1.29 is 19.8 Å². The molecule has 0 aliphatic rings. The number of aromatic hydroxyl groups is 2. The molecule has 0 spiro atoms. The number of amides is 2. The fourth-order valence-corrected chi connectivity index (χ4v) is 3.87. The number of phenols is 2. The van der Waals surface area contributed by atoms with E-state index in [9.17, 15) is 19.8 Å². The van der Waals surface area contributed by atoms with E-state index in [4.69, 9.17) is 0 Å². The SMILES string of the molecule is O=C(N/N=C/c1cc(Br)cc(Br)c1O)/C(=C/c1ccccc1O)NC(=O)c1ccccc1. The quantitative estimate of drug-likeness (QED) is 0.202. The van der Waals surface area contributed by atoms with E-state index in [0.29, 0.717) is 25.6 Å². The molecule has 0 atom stereocenters. The molecule has 0 saturated carbocycles. The number of carbonyl (C=O) groups excluding carboxylic acids is 2. The van der Waals surface area contributed by atoms with Gasteiger partial charge < -0.3 is 15.5 Å². The van der Waals surface area contributed by atoms with Crippen LogP contribution < -0.4 is 10.7 Å². The molecular weight excluding hydrogens is 542 g/mol. The molecule has 9 heteroatoms. The number of nitrogens with one attached hydrogen (secondary N) is 2. The molecule has 0 bridgehead atoms. The largest absolute Gasteiger partial charge is 0.507 e. The summed E-state index contributed by atoms with van der Waals surface area (Å²) in [6.07, 6.45) is 2.60. The van der Waals surface area contributed by atoms with Gasteiger partial charge in [0, 0.05) is 21.2 Å². The molecule has 7 nitrogen and oxygen atoms in total. The maximum atomic E-state index is 12.8. The zero-order chi connectivity index (χ0) is 23.1. The van der Waals surface area contributed by atoms with E-state index in [1.54, 1.807) is 60.7 Å². The lowest BCUT2D eigenvalue weighted by atomic mass is 10.1. The van der Waals surface area contributed by atoms with Crippen molar-refractivity contribution in [2.24, 2.45) is 5.10 Å². The molecule has 0 radical (unpaired) electrons. The first kappa shape index (κ1) is 23.2. The first-order chi connectivity index (χ1) is 15.3.